The van der Waals surface area contributed by atoms with Gasteiger partial charge in [-0.25, -0.2) is 0 Å². The minimum absolute atomic E-state index is 0.0329. The van der Waals surface area contributed by atoms with E-state index in [1.807, 2.05) is 31.2 Å². The molecule has 1 saturated heterocycles. The maximum Gasteiger partial charge on any atom is 0.251 e. The molecule has 0 saturated carbocycles. The van der Waals surface area contributed by atoms with Gasteiger partial charge in [0.15, 0.2) is 0 Å². The molecule has 2 unspecified atom stereocenters. The van der Waals surface area contributed by atoms with Crippen LogP contribution >= 0.6 is 0 Å². The Morgan fingerprint density at radius 3 is 2.71 bits per heavy atom. The molecule has 3 heteroatoms. The fourth-order valence-electron chi connectivity index (χ4n) is 2.14. The van der Waals surface area contributed by atoms with E-state index < -0.39 is 0 Å². The van der Waals surface area contributed by atoms with Gasteiger partial charge in [-0.3, -0.25) is 4.79 Å². The Hall–Kier alpha value is -1.35. The lowest BCUT2D eigenvalue weighted by Gasteiger charge is -2.30. The summed E-state index contributed by atoms with van der Waals surface area (Å²) in [5, 5.41) is 6.42. The number of carbonyl (C=O) groups is 1. The van der Waals surface area contributed by atoms with Crippen LogP contribution in [0.3, 0.4) is 0 Å². The fourth-order valence-corrected chi connectivity index (χ4v) is 2.14. The van der Waals surface area contributed by atoms with Crippen LogP contribution in [0.1, 0.15) is 29.3 Å². The van der Waals surface area contributed by atoms with Crippen molar-refractivity contribution in [3.8, 4) is 0 Å². The van der Waals surface area contributed by atoms with Gasteiger partial charge in [-0.05, 0) is 37.9 Å². The predicted octanol–water partition coefficient (Wildman–Crippen LogP) is 1.72. The molecule has 0 bridgehead atoms. The molecule has 2 atom stereocenters. The predicted molar refractivity (Wildman–Crippen MR) is 69.1 cm³/mol. The lowest BCUT2D eigenvalue weighted by Crippen LogP contribution is -2.50. The molecule has 92 valence electrons. The van der Waals surface area contributed by atoms with E-state index in [9.17, 15) is 4.79 Å². The van der Waals surface area contributed by atoms with Crippen molar-refractivity contribution >= 4 is 5.91 Å². The van der Waals surface area contributed by atoms with Crippen LogP contribution in [0.4, 0.5) is 0 Å². The van der Waals surface area contributed by atoms with Gasteiger partial charge in [-0.2, -0.15) is 0 Å². The highest BCUT2D eigenvalue weighted by Crippen LogP contribution is 2.12. The Morgan fingerprint density at radius 1 is 1.35 bits per heavy atom. The topological polar surface area (TPSA) is 41.1 Å². The van der Waals surface area contributed by atoms with Gasteiger partial charge >= 0.3 is 0 Å². The third kappa shape index (κ3) is 3.07. The van der Waals surface area contributed by atoms with Crippen molar-refractivity contribution in [2.75, 3.05) is 13.1 Å². The number of carbonyl (C=O) groups excluding carboxylic acids is 1. The van der Waals surface area contributed by atoms with Crippen LogP contribution in [-0.2, 0) is 0 Å². The van der Waals surface area contributed by atoms with E-state index in [4.69, 9.17) is 0 Å². The first kappa shape index (κ1) is 12.1. The highest BCUT2D eigenvalue weighted by Gasteiger charge is 2.22. The van der Waals surface area contributed by atoms with Crippen molar-refractivity contribution in [3.63, 3.8) is 0 Å². The third-order valence-electron chi connectivity index (χ3n) is 3.46. The second kappa shape index (κ2) is 5.32. The summed E-state index contributed by atoms with van der Waals surface area (Å²) in [5.74, 6) is 0.580. The second-order valence-electron chi connectivity index (χ2n) is 4.92. The van der Waals surface area contributed by atoms with Crippen LogP contribution in [-0.4, -0.2) is 25.0 Å². The summed E-state index contributed by atoms with van der Waals surface area (Å²) in [4.78, 5) is 12.0. The first-order chi connectivity index (χ1) is 8.16. The van der Waals surface area contributed by atoms with Crippen molar-refractivity contribution in [2.24, 2.45) is 5.92 Å². The third-order valence-corrected chi connectivity index (χ3v) is 3.46. The molecule has 1 aliphatic heterocycles. The van der Waals surface area contributed by atoms with Crippen molar-refractivity contribution in [1.82, 2.24) is 10.6 Å². The SMILES string of the molecule is Cc1ccc(C(=O)NC2CNCCC2C)cc1. The van der Waals surface area contributed by atoms with Crippen LogP contribution in [0.25, 0.3) is 0 Å². The lowest BCUT2D eigenvalue weighted by atomic mass is 9.94. The van der Waals surface area contributed by atoms with E-state index in [1.165, 1.54) is 5.56 Å². The molecule has 2 N–H and O–H groups in total. The van der Waals surface area contributed by atoms with Gasteiger partial charge in [0.25, 0.3) is 5.91 Å². The number of piperidine rings is 1. The molecule has 0 aliphatic carbocycles. The van der Waals surface area contributed by atoms with Gasteiger partial charge < -0.3 is 10.6 Å². The Morgan fingerprint density at radius 2 is 2.06 bits per heavy atom. The smallest absolute Gasteiger partial charge is 0.251 e. The van der Waals surface area contributed by atoms with Crippen LogP contribution in [0.2, 0.25) is 0 Å². The first-order valence-corrected chi connectivity index (χ1v) is 6.25. The van der Waals surface area contributed by atoms with Crippen molar-refractivity contribution in [1.29, 1.82) is 0 Å². The van der Waals surface area contributed by atoms with Crippen LogP contribution in [0.5, 0.6) is 0 Å². The molecule has 17 heavy (non-hydrogen) atoms. The number of nitrogens with one attached hydrogen (secondary N) is 2. The number of aryl methyl sites for hydroxylation is 1. The van der Waals surface area contributed by atoms with E-state index in [0.717, 1.165) is 25.1 Å². The molecule has 0 aromatic heterocycles. The molecule has 1 heterocycles. The minimum Gasteiger partial charge on any atom is -0.348 e. The van der Waals surface area contributed by atoms with Gasteiger partial charge in [0.2, 0.25) is 0 Å². The van der Waals surface area contributed by atoms with Crippen molar-refractivity contribution in [2.45, 2.75) is 26.3 Å². The van der Waals surface area contributed by atoms with E-state index in [-0.39, 0.29) is 11.9 Å². The molecule has 1 fully saturated rings. The number of rotatable bonds is 2. The van der Waals surface area contributed by atoms with Crippen LogP contribution in [0.15, 0.2) is 24.3 Å². The van der Waals surface area contributed by atoms with E-state index >= 15 is 0 Å². The van der Waals surface area contributed by atoms with Crippen LogP contribution in [0, 0.1) is 12.8 Å². The van der Waals surface area contributed by atoms with E-state index in [2.05, 4.69) is 17.6 Å². The van der Waals surface area contributed by atoms with Gasteiger partial charge in [0.05, 0.1) is 0 Å². The lowest BCUT2D eigenvalue weighted by molar-refractivity contribution is 0.0915. The van der Waals surface area contributed by atoms with Crippen molar-refractivity contribution < 1.29 is 4.79 Å². The summed E-state index contributed by atoms with van der Waals surface area (Å²) in [6.45, 7) is 6.15. The molecule has 1 aromatic carbocycles. The van der Waals surface area contributed by atoms with E-state index in [1.54, 1.807) is 0 Å². The van der Waals surface area contributed by atoms with E-state index in [0.29, 0.717) is 5.92 Å². The average molecular weight is 232 g/mol. The molecule has 1 aliphatic rings. The van der Waals surface area contributed by atoms with Gasteiger partial charge in [0, 0.05) is 18.2 Å². The Balaban J connectivity index is 1.98. The summed E-state index contributed by atoms with van der Waals surface area (Å²) in [5.41, 5.74) is 1.92. The summed E-state index contributed by atoms with van der Waals surface area (Å²) < 4.78 is 0. The first-order valence-electron chi connectivity index (χ1n) is 6.25. The number of amides is 1. The summed E-state index contributed by atoms with van der Waals surface area (Å²) in [6.07, 6.45) is 1.12. The molecule has 0 spiro atoms. The van der Waals surface area contributed by atoms with Gasteiger partial charge in [-0.15, -0.1) is 0 Å². The zero-order valence-corrected chi connectivity index (χ0v) is 10.5. The molecular weight excluding hydrogens is 212 g/mol. The quantitative estimate of drug-likeness (QED) is 0.815. The standard InChI is InChI=1S/C14H20N2O/c1-10-3-5-12(6-4-10)14(17)16-13-9-15-8-7-11(13)2/h3-6,11,13,15H,7-9H2,1-2H3,(H,16,17). The van der Waals surface area contributed by atoms with Gasteiger partial charge in [0.1, 0.15) is 0 Å². The molecule has 2 rings (SSSR count). The fraction of sp³-hybridized carbons (Fsp3) is 0.500. The Bertz CT molecular complexity index is 386. The Kier molecular flexibility index (Phi) is 3.79. The average Bonchev–Trinajstić information content (AvgIpc) is 2.33. The van der Waals surface area contributed by atoms with Crippen molar-refractivity contribution in [3.05, 3.63) is 35.4 Å². The summed E-state index contributed by atoms with van der Waals surface area (Å²) >= 11 is 0. The maximum atomic E-state index is 12.0. The summed E-state index contributed by atoms with van der Waals surface area (Å²) in [6, 6.07) is 7.95. The molecule has 0 radical (unpaired) electrons. The zero-order valence-electron chi connectivity index (χ0n) is 10.5. The molecular formula is C14H20N2O. The number of benzene rings is 1. The number of hydrogen-bond donors (Lipinski definition) is 2. The molecule has 1 amide bonds. The maximum absolute atomic E-state index is 12.0. The summed E-state index contributed by atoms with van der Waals surface area (Å²) in [7, 11) is 0. The Labute approximate surface area is 103 Å². The highest BCUT2D eigenvalue weighted by molar-refractivity contribution is 5.94. The normalized spacial score (nSPS) is 24.4. The number of hydrogen-bond acceptors (Lipinski definition) is 2. The van der Waals surface area contributed by atoms with Crippen LogP contribution < -0.4 is 10.6 Å². The minimum atomic E-state index is 0.0329. The highest BCUT2D eigenvalue weighted by atomic mass is 16.1. The monoisotopic (exact) mass is 232 g/mol. The second-order valence-corrected chi connectivity index (χ2v) is 4.92. The largest absolute Gasteiger partial charge is 0.348 e. The zero-order chi connectivity index (χ0) is 12.3. The molecule has 1 aromatic rings. The molecule has 3 nitrogen and oxygen atoms in total. The van der Waals surface area contributed by atoms with Gasteiger partial charge in [-0.1, -0.05) is 24.6 Å².